The molecule has 0 aliphatic carbocycles. The SMILES string of the molecule is CN(CC1COc2ccccc2O1)C(=O)C1COCCN1.Cl. The second kappa shape index (κ2) is 7.67. The maximum atomic E-state index is 12.3. The molecule has 2 atom stereocenters. The lowest BCUT2D eigenvalue weighted by Gasteiger charge is -2.32. The maximum absolute atomic E-state index is 12.3. The van der Waals surface area contributed by atoms with Gasteiger partial charge in [0.2, 0.25) is 5.91 Å². The Kier molecular flexibility index (Phi) is 5.88. The number of likely N-dealkylation sites (N-methyl/N-ethyl adjacent to an activating group) is 1. The first-order valence-corrected chi connectivity index (χ1v) is 7.18. The highest BCUT2D eigenvalue weighted by Crippen LogP contribution is 2.30. The van der Waals surface area contributed by atoms with Crippen molar-refractivity contribution >= 4 is 18.3 Å². The fourth-order valence-corrected chi connectivity index (χ4v) is 2.54. The van der Waals surface area contributed by atoms with E-state index in [1.807, 2.05) is 24.3 Å². The van der Waals surface area contributed by atoms with E-state index in [0.29, 0.717) is 32.9 Å². The summed E-state index contributed by atoms with van der Waals surface area (Å²) in [7, 11) is 1.78. The predicted octanol–water partition coefficient (Wildman–Crippen LogP) is 0.695. The van der Waals surface area contributed by atoms with Crippen molar-refractivity contribution in [2.45, 2.75) is 12.1 Å². The second-order valence-electron chi connectivity index (χ2n) is 5.30. The summed E-state index contributed by atoms with van der Waals surface area (Å²) in [5, 5.41) is 3.16. The van der Waals surface area contributed by atoms with Crippen LogP contribution in [0, 0.1) is 0 Å². The number of hydrogen-bond acceptors (Lipinski definition) is 5. The average molecular weight is 329 g/mol. The van der Waals surface area contributed by atoms with Gasteiger partial charge in [0.15, 0.2) is 17.6 Å². The molecule has 122 valence electrons. The van der Waals surface area contributed by atoms with Crippen LogP contribution in [0.5, 0.6) is 11.5 Å². The first kappa shape index (κ1) is 16.9. The van der Waals surface area contributed by atoms with Crippen LogP contribution in [0.1, 0.15) is 0 Å². The lowest BCUT2D eigenvalue weighted by Crippen LogP contribution is -2.53. The molecule has 0 aromatic heterocycles. The quantitative estimate of drug-likeness (QED) is 0.885. The van der Waals surface area contributed by atoms with Crippen molar-refractivity contribution in [3.05, 3.63) is 24.3 Å². The fraction of sp³-hybridized carbons (Fsp3) is 0.533. The molecule has 2 aliphatic heterocycles. The van der Waals surface area contributed by atoms with Crippen molar-refractivity contribution in [2.75, 3.05) is 40.0 Å². The molecule has 1 fully saturated rings. The first-order valence-electron chi connectivity index (χ1n) is 7.18. The standard InChI is InChI=1S/C15H20N2O4.ClH/c1-17(15(18)12-10-19-7-6-16-12)8-11-9-20-13-4-2-3-5-14(13)21-11;/h2-5,11-12,16H,6-10H2,1H3;1H. The van der Waals surface area contributed by atoms with E-state index in [2.05, 4.69) is 5.32 Å². The number of ether oxygens (including phenoxy) is 3. The number of fused-ring (bicyclic) bond motifs is 1. The van der Waals surface area contributed by atoms with Crippen LogP contribution in [0.2, 0.25) is 0 Å². The van der Waals surface area contributed by atoms with Crippen LogP contribution in [-0.4, -0.2) is 62.9 Å². The zero-order chi connectivity index (χ0) is 14.7. The Hall–Kier alpha value is -1.50. The zero-order valence-corrected chi connectivity index (χ0v) is 13.3. The molecule has 0 spiro atoms. The summed E-state index contributed by atoms with van der Waals surface area (Å²) < 4.78 is 16.9. The third-order valence-electron chi connectivity index (χ3n) is 3.64. The molecule has 0 radical (unpaired) electrons. The van der Waals surface area contributed by atoms with E-state index in [1.165, 1.54) is 0 Å². The Morgan fingerprint density at radius 2 is 2.09 bits per heavy atom. The molecule has 3 rings (SSSR count). The Morgan fingerprint density at radius 1 is 1.32 bits per heavy atom. The minimum atomic E-state index is -0.263. The number of para-hydroxylation sites is 2. The number of carbonyl (C=O) groups is 1. The average Bonchev–Trinajstić information content (AvgIpc) is 2.55. The van der Waals surface area contributed by atoms with Crippen molar-refractivity contribution in [1.29, 1.82) is 0 Å². The third kappa shape index (κ3) is 3.82. The third-order valence-corrected chi connectivity index (χ3v) is 3.64. The van der Waals surface area contributed by atoms with Crippen molar-refractivity contribution in [1.82, 2.24) is 10.2 Å². The van der Waals surface area contributed by atoms with Gasteiger partial charge in [-0.2, -0.15) is 0 Å². The highest BCUT2D eigenvalue weighted by atomic mass is 35.5. The van der Waals surface area contributed by atoms with Gasteiger partial charge in [-0.1, -0.05) is 12.1 Å². The van der Waals surface area contributed by atoms with Crippen LogP contribution in [-0.2, 0) is 9.53 Å². The molecule has 2 unspecified atom stereocenters. The monoisotopic (exact) mass is 328 g/mol. The van der Waals surface area contributed by atoms with Gasteiger partial charge in [-0.15, -0.1) is 12.4 Å². The van der Waals surface area contributed by atoms with Gasteiger partial charge >= 0.3 is 0 Å². The number of morpholine rings is 1. The largest absolute Gasteiger partial charge is 0.486 e. The highest BCUT2D eigenvalue weighted by Gasteiger charge is 2.28. The van der Waals surface area contributed by atoms with E-state index in [0.717, 1.165) is 11.5 Å². The molecule has 2 aliphatic rings. The van der Waals surface area contributed by atoms with Crippen LogP contribution < -0.4 is 14.8 Å². The van der Waals surface area contributed by atoms with Gasteiger partial charge in [-0.25, -0.2) is 0 Å². The second-order valence-corrected chi connectivity index (χ2v) is 5.30. The lowest BCUT2D eigenvalue weighted by atomic mass is 10.2. The fourth-order valence-electron chi connectivity index (χ4n) is 2.54. The Morgan fingerprint density at radius 3 is 2.82 bits per heavy atom. The van der Waals surface area contributed by atoms with E-state index in [9.17, 15) is 4.79 Å². The normalized spacial score (nSPS) is 23.3. The number of halogens is 1. The molecule has 1 aromatic rings. The minimum Gasteiger partial charge on any atom is -0.486 e. The van der Waals surface area contributed by atoms with E-state index in [-0.39, 0.29) is 30.5 Å². The summed E-state index contributed by atoms with van der Waals surface area (Å²) in [4.78, 5) is 14.0. The number of nitrogens with one attached hydrogen (secondary N) is 1. The summed E-state index contributed by atoms with van der Waals surface area (Å²) in [6.07, 6.45) is -0.154. The number of carbonyl (C=O) groups excluding carboxylic acids is 1. The van der Waals surface area contributed by atoms with Gasteiger partial charge in [0, 0.05) is 13.6 Å². The molecule has 0 bridgehead atoms. The number of amides is 1. The number of hydrogen-bond donors (Lipinski definition) is 1. The molecule has 1 amide bonds. The van der Waals surface area contributed by atoms with Gasteiger partial charge in [0.1, 0.15) is 12.6 Å². The summed E-state index contributed by atoms with van der Waals surface area (Å²) >= 11 is 0. The predicted molar refractivity (Wildman–Crippen MR) is 83.8 cm³/mol. The van der Waals surface area contributed by atoms with Crippen molar-refractivity contribution in [3.63, 3.8) is 0 Å². The van der Waals surface area contributed by atoms with Crippen LogP contribution in [0.3, 0.4) is 0 Å². The molecule has 1 saturated heterocycles. The molecule has 1 aromatic carbocycles. The molecule has 6 nitrogen and oxygen atoms in total. The van der Waals surface area contributed by atoms with E-state index in [4.69, 9.17) is 14.2 Å². The van der Waals surface area contributed by atoms with Gasteiger partial charge in [-0.05, 0) is 12.1 Å². The highest BCUT2D eigenvalue weighted by molar-refractivity contribution is 5.85. The Bertz CT molecular complexity index is 508. The van der Waals surface area contributed by atoms with E-state index < -0.39 is 0 Å². The molecular formula is C15H21ClN2O4. The topological polar surface area (TPSA) is 60.0 Å². The van der Waals surface area contributed by atoms with Gasteiger partial charge < -0.3 is 24.4 Å². The van der Waals surface area contributed by atoms with Crippen LogP contribution >= 0.6 is 12.4 Å². The summed E-state index contributed by atoms with van der Waals surface area (Å²) in [6, 6.07) is 7.31. The Balaban J connectivity index is 0.00000176. The van der Waals surface area contributed by atoms with Crippen molar-refractivity contribution in [2.24, 2.45) is 0 Å². The van der Waals surface area contributed by atoms with Crippen LogP contribution in [0.15, 0.2) is 24.3 Å². The summed E-state index contributed by atoms with van der Waals surface area (Å²) in [5.74, 6) is 1.51. The van der Waals surface area contributed by atoms with Gasteiger partial charge in [-0.3, -0.25) is 4.79 Å². The van der Waals surface area contributed by atoms with E-state index in [1.54, 1.807) is 11.9 Å². The number of benzene rings is 1. The van der Waals surface area contributed by atoms with Gasteiger partial charge in [0.05, 0.1) is 19.8 Å². The molecule has 7 heteroatoms. The summed E-state index contributed by atoms with van der Waals surface area (Å²) in [6.45, 7) is 2.73. The Labute approximate surface area is 136 Å². The molecule has 0 saturated carbocycles. The smallest absolute Gasteiger partial charge is 0.241 e. The van der Waals surface area contributed by atoms with Crippen molar-refractivity contribution < 1.29 is 19.0 Å². The van der Waals surface area contributed by atoms with Crippen LogP contribution in [0.4, 0.5) is 0 Å². The molecular weight excluding hydrogens is 308 g/mol. The first-order chi connectivity index (χ1) is 10.2. The lowest BCUT2D eigenvalue weighted by molar-refractivity contribution is -0.136. The summed E-state index contributed by atoms with van der Waals surface area (Å²) in [5.41, 5.74) is 0. The van der Waals surface area contributed by atoms with Crippen LogP contribution in [0.25, 0.3) is 0 Å². The van der Waals surface area contributed by atoms with Gasteiger partial charge in [0.25, 0.3) is 0 Å². The zero-order valence-electron chi connectivity index (χ0n) is 12.5. The number of rotatable bonds is 3. The molecule has 22 heavy (non-hydrogen) atoms. The number of nitrogens with zero attached hydrogens (tertiary/aromatic N) is 1. The molecule has 2 heterocycles. The van der Waals surface area contributed by atoms with Crippen molar-refractivity contribution in [3.8, 4) is 11.5 Å². The minimum absolute atomic E-state index is 0. The maximum Gasteiger partial charge on any atom is 0.241 e. The van der Waals surface area contributed by atoms with E-state index >= 15 is 0 Å². The molecule has 1 N–H and O–H groups in total.